The highest BCUT2D eigenvalue weighted by Crippen LogP contribution is 2.24. The van der Waals surface area contributed by atoms with Crippen LogP contribution < -0.4 is 11.5 Å². The third kappa shape index (κ3) is 3.83. The van der Waals surface area contributed by atoms with Crippen LogP contribution in [-0.2, 0) is 6.54 Å². The summed E-state index contributed by atoms with van der Waals surface area (Å²) in [5, 5.41) is 19.2. The molecule has 2 aromatic heterocycles. The van der Waals surface area contributed by atoms with Gasteiger partial charge in [-0.1, -0.05) is 12.1 Å². The van der Waals surface area contributed by atoms with Crippen LogP contribution in [-0.4, -0.2) is 36.3 Å². The summed E-state index contributed by atoms with van der Waals surface area (Å²) in [6.45, 7) is 0.303. The number of benzene rings is 2. The first-order valence-electron chi connectivity index (χ1n) is 8.59. The van der Waals surface area contributed by atoms with E-state index in [1.165, 1.54) is 10.9 Å². The third-order valence-electron chi connectivity index (χ3n) is 4.18. The fraction of sp³-hybridized carbons (Fsp3) is 0.111. The van der Waals surface area contributed by atoms with Crippen molar-refractivity contribution < 1.29 is 18.0 Å². The Morgan fingerprint density at radius 3 is 2.47 bits per heavy atom. The lowest BCUT2D eigenvalue weighted by Crippen LogP contribution is -2.13. The molecule has 0 bridgehead atoms. The molecule has 30 heavy (non-hydrogen) atoms. The lowest BCUT2D eigenvalue weighted by atomic mass is 10.1. The Labute approximate surface area is 167 Å². The quantitative estimate of drug-likeness (QED) is 0.457. The van der Waals surface area contributed by atoms with Gasteiger partial charge < -0.3 is 15.9 Å². The van der Waals surface area contributed by atoms with Crippen molar-refractivity contribution in [2.24, 2.45) is 5.73 Å². The largest absolute Gasteiger partial charge is 0.415 e. The van der Waals surface area contributed by atoms with Gasteiger partial charge in [0, 0.05) is 16.8 Å². The van der Waals surface area contributed by atoms with E-state index in [2.05, 4.69) is 25.6 Å². The molecule has 152 valence electrons. The second kappa shape index (κ2) is 7.66. The van der Waals surface area contributed by atoms with E-state index in [0.29, 0.717) is 23.5 Å². The Kier molecular flexibility index (Phi) is 4.88. The zero-order valence-electron chi connectivity index (χ0n) is 15.2. The number of carbonyl (C=O) groups excluding carboxylic acids is 1. The molecule has 10 nitrogen and oxygen atoms in total. The molecule has 0 spiro atoms. The average Bonchev–Trinajstić information content (AvgIpc) is 3.39. The number of nitrogens with two attached hydrogens (primary N) is 2. The predicted octanol–water partition coefficient (Wildman–Crippen LogP) is 2.06. The maximum absolute atomic E-state index is 12.6. The number of amides is 1. The van der Waals surface area contributed by atoms with Gasteiger partial charge in [-0.25, -0.2) is 0 Å². The minimum absolute atomic E-state index is 0.00613. The van der Waals surface area contributed by atoms with Gasteiger partial charge in [-0.15, -0.1) is 20.4 Å². The molecule has 0 atom stereocenters. The first-order chi connectivity index (χ1) is 14.4. The summed E-state index contributed by atoms with van der Waals surface area (Å²) in [6, 6.07) is 11.5. The first kappa shape index (κ1) is 19.1. The Balaban J connectivity index is 1.50. The number of hydrogen-bond donors (Lipinski definition) is 2. The molecule has 4 aromatic rings. The number of nitrogens with zero attached hydrogens (tertiary/aromatic N) is 6. The molecule has 1 amide bonds. The highest BCUT2D eigenvalue weighted by atomic mass is 19.3. The molecule has 2 aromatic carbocycles. The predicted molar refractivity (Wildman–Crippen MR) is 100.0 cm³/mol. The molecule has 0 fully saturated rings. The normalized spacial score (nSPS) is 11.2. The van der Waals surface area contributed by atoms with E-state index >= 15 is 0 Å². The number of tetrazole rings is 1. The van der Waals surface area contributed by atoms with Crippen LogP contribution in [0.3, 0.4) is 0 Å². The van der Waals surface area contributed by atoms with Gasteiger partial charge in [0.2, 0.25) is 11.7 Å². The number of alkyl halides is 2. The van der Waals surface area contributed by atoms with Crippen molar-refractivity contribution in [1.82, 2.24) is 30.4 Å². The highest BCUT2D eigenvalue weighted by molar-refractivity contribution is 5.99. The summed E-state index contributed by atoms with van der Waals surface area (Å²) in [5.41, 5.74) is 13.4. The molecule has 0 saturated carbocycles. The zero-order chi connectivity index (χ0) is 21.3. The van der Waals surface area contributed by atoms with E-state index < -0.39 is 18.2 Å². The van der Waals surface area contributed by atoms with Crippen LogP contribution in [0.25, 0.3) is 22.8 Å². The summed E-state index contributed by atoms with van der Waals surface area (Å²) < 4.78 is 30.0. The van der Waals surface area contributed by atoms with Crippen LogP contribution in [0.1, 0.15) is 28.2 Å². The number of nitrogen functional groups attached to an aromatic ring is 1. The number of anilines is 1. The number of primary amides is 1. The monoisotopic (exact) mass is 412 g/mol. The second-order valence-electron chi connectivity index (χ2n) is 6.25. The Bertz CT molecular complexity index is 1200. The molecule has 4 rings (SSSR count). The minimum Gasteiger partial charge on any atom is -0.415 e. The number of hydrogen-bond acceptors (Lipinski definition) is 8. The molecule has 0 radical (unpaired) electrons. The van der Waals surface area contributed by atoms with E-state index in [9.17, 15) is 13.6 Å². The second-order valence-corrected chi connectivity index (χ2v) is 6.25. The van der Waals surface area contributed by atoms with Gasteiger partial charge in [0.25, 0.3) is 11.8 Å². The smallest absolute Gasteiger partial charge is 0.314 e. The van der Waals surface area contributed by atoms with Crippen LogP contribution in [0.4, 0.5) is 14.5 Å². The molecule has 12 heteroatoms. The van der Waals surface area contributed by atoms with Gasteiger partial charge in [0.1, 0.15) is 0 Å². The van der Waals surface area contributed by atoms with Crippen molar-refractivity contribution in [2.45, 2.75) is 13.0 Å². The van der Waals surface area contributed by atoms with Crippen molar-refractivity contribution in [3.05, 3.63) is 59.5 Å². The standard InChI is InChI=1S/C18H14F2N8O2/c19-14(20)18-25-24-17(30-18)10-3-1-9(2-4-10)8-28-26-16(23-27-28)11-5-6-13(21)12(7-11)15(22)29/h1-7,14H,8,21H2,(H2,22,29). The van der Waals surface area contributed by atoms with Crippen LogP contribution in [0.5, 0.6) is 0 Å². The molecule has 2 heterocycles. The van der Waals surface area contributed by atoms with Gasteiger partial charge >= 0.3 is 6.43 Å². The fourth-order valence-corrected chi connectivity index (χ4v) is 2.69. The van der Waals surface area contributed by atoms with Crippen molar-refractivity contribution in [1.29, 1.82) is 0 Å². The maximum atomic E-state index is 12.6. The lowest BCUT2D eigenvalue weighted by Gasteiger charge is -2.03. The molecular weight excluding hydrogens is 398 g/mol. The third-order valence-corrected chi connectivity index (χ3v) is 4.18. The van der Waals surface area contributed by atoms with Gasteiger partial charge in [-0.3, -0.25) is 4.79 Å². The van der Waals surface area contributed by atoms with Gasteiger partial charge in [0.05, 0.1) is 12.1 Å². The van der Waals surface area contributed by atoms with Crippen LogP contribution in [0, 0.1) is 0 Å². The summed E-state index contributed by atoms with van der Waals surface area (Å²) in [6.07, 6.45) is -2.82. The molecular formula is C18H14F2N8O2. The molecule has 4 N–H and O–H groups in total. The van der Waals surface area contributed by atoms with E-state index in [1.807, 2.05) is 0 Å². The minimum atomic E-state index is -2.82. The molecule has 0 unspecified atom stereocenters. The first-order valence-corrected chi connectivity index (χ1v) is 8.59. The van der Waals surface area contributed by atoms with Gasteiger partial charge in [0.15, 0.2) is 0 Å². The average molecular weight is 412 g/mol. The molecule has 0 aliphatic rings. The van der Waals surface area contributed by atoms with Crippen LogP contribution in [0.15, 0.2) is 46.9 Å². The maximum Gasteiger partial charge on any atom is 0.314 e. The number of halogens is 2. The van der Waals surface area contributed by atoms with Crippen molar-refractivity contribution >= 4 is 11.6 Å². The summed E-state index contributed by atoms with van der Waals surface area (Å²) in [4.78, 5) is 12.8. The number of aromatic nitrogens is 6. The molecule has 0 aliphatic heterocycles. The van der Waals surface area contributed by atoms with Crippen molar-refractivity contribution in [2.75, 3.05) is 5.73 Å². The van der Waals surface area contributed by atoms with E-state index in [-0.39, 0.29) is 17.1 Å². The van der Waals surface area contributed by atoms with E-state index in [0.717, 1.165) is 5.56 Å². The van der Waals surface area contributed by atoms with Crippen LogP contribution in [0.2, 0.25) is 0 Å². The topological polar surface area (TPSA) is 152 Å². The number of rotatable bonds is 6. The lowest BCUT2D eigenvalue weighted by molar-refractivity contribution is 0.100. The highest BCUT2D eigenvalue weighted by Gasteiger charge is 2.17. The Morgan fingerprint density at radius 1 is 1.07 bits per heavy atom. The molecule has 0 saturated heterocycles. The summed E-state index contributed by atoms with van der Waals surface area (Å²) >= 11 is 0. The van der Waals surface area contributed by atoms with E-state index in [4.69, 9.17) is 15.9 Å². The van der Waals surface area contributed by atoms with Crippen molar-refractivity contribution in [3.63, 3.8) is 0 Å². The SMILES string of the molecule is NC(=O)c1cc(-c2nnn(Cc3ccc(-c4nnc(C(F)F)o4)cc3)n2)ccc1N. The van der Waals surface area contributed by atoms with Gasteiger partial charge in [-0.05, 0) is 41.1 Å². The van der Waals surface area contributed by atoms with Gasteiger partial charge in [-0.2, -0.15) is 13.6 Å². The van der Waals surface area contributed by atoms with E-state index in [1.54, 1.807) is 36.4 Å². The summed E-state index contributed by atoms with van der Waals surface area (Å²) in [7, 11) is 0. The number of carbonyl (C=O) groups is 1. The van der Waals surface area contributed by atoms with Crippen molar-refractivity contribution in [3.8, 4) is 22.8 Å². The Hall–Kier alpha value is -4.22. The zero-order valence-corrected chi connectivity index (χ0v) is 15.2. The molecule has 0 aliphatic carbocycles. The fourth-order valence-electron chi connectivity index (χ4n) is 2.69. The Morgan fingerprint density at radius 2 is 1.80 bits per heavy atom. The summed E-state index contributed by atoms with van der Waals surface area (Å²) in [5.74, 6) is -1.06. The van der Waals surface area contributed by atoms with Crippen LogP contribution >= 0.6 is 0 Å².